The Labute approximate surface area is 145 Å². The third-order valence-electron chi connectivity index (χ3n) is 4.26. The molecular weight excluding hydrogens is 306 g/mol. The highest BCUT2D eigenvalue weighted by molar-refractivity contribution is 5.93. The molecule has 0 fully saturated rings. The van der Waals surface area contributed by atoms with Gasteiger partial charge in [-0.3, -0.25) is 4.79 Å². The van der Waals surface area contributed by atoms with Gasteiger partial charge in [-0.05, 0) is 38.2 Å². The molecule has 0 saturated heterocycles. The Balaban J connectivity index is 0.00000264. The van der Waals surface area contributed by atoms with E-state index in [2.05, 4.69) is 43.3 Å². The van der Waals surface area contributed by atoms with Crippen molar-refractivity contribution in [3.8, 4) is 0 Å². The van der Waals surface area contributed by atoms with Crippen molar-refractivity contribution in [2.24, 2.45) is 0 Å². The van der Waals surface area contributed by atoms with Crippen LogP contribution in [0.25, 0.3) is 0 Å². The van der Waals surface area contributed by atoms with E-state index in [0.717, 1.165) is 24.1 Å². The van der Waals surface area contributed by atoms with Crippen LogP contribution in [0, 0.1) is 0 Å². The average molecular weight is 332 g/mol. The number of Topliss-reactive ketones (excluding diaryl/α,β-unsaturated/α-hetero) is 1. The summed E-state index contributed by atoms with van der Waals surface area (Å²) in [5.41, 5.74) is 1.63. The maximum atomic E-state index is 13.0. The lowest BCUT2D eigenvalue weighted by Gasteiger charge is -2.34. The minimum atomic E-state index is -0.554. The Bertz CT molecular complexity index is 556. The summed E-state index contributed by atoms with van der Waals surface area (Å²) in [6.45, 7) is 2.83. The molecule has 124 valence electrons. The van der Waals surface area contributed by atoms with Gasteiger partial charge in [-0.2, -0.15) is 0 Å². The lowest BCUT2D eigenvalue weighted by atomic mass is 9.68. The van der Waals surface area contributed by atoms with Gasteiger partial charge in [0.2, 0.25) is 0 Å². The van der Waals surface area contributed by atoms with Crippen LogP contribution in [0.4, 0.5) is 0 Å². The van der Waals surface area contributed by atoms with Crippen molar-refractivity contribution in [1.82, 2.24) is 4.90 Å². The number of ketones is 1. The molecule has 0 amide bonds. The number of hydrogen-bond donors (Lipinski definition) is 0. The van der Waals surface area contributed by atoms with Crippen LogP contribution in [-0.4, -0.2) is 31.3 Å². The lowest BCUT2D eigenvalue weighted by Crippen LogP contribution is -2.39. The molecule has 0 aliphatic carbocycles. The van der Waals surface area contributed by atoms with Gasteiger partial charge in [-0.15, -0.1) is 12.4 Å². The average Bonchev–Trinajstić information content (AvgIpc) is 2.57. The molecule has 0 unspecified atom stereocenters. The van der Waals surface area contributed by atoms with E-state index in [9.17, 15) is 4.79 Å². The SMILES string of the molecule is CCC(=O)C(CCN(C)C)(c1ccccc1)c1ccccc1.Cl. The van der Waals surface area contributed by atoms with Crippen LogP contribution in [0.1, 0.15) is 30.9 Å². The topological polar surface area (TPSA) is 20.3 Å². The Morgan fingerprint density at radius 3 is 1.70 bits per heavy atom. The third-order valence-corrected chi connectivity index (χ3v) is 4.26. The summed E-state index contributed by atoms with van der Waals surface area (Å²) in [7, 11) is 4.11. The zero-order valence-corrected chi connectivity index (χ0v) is 15.0. The molecule has 2 rings (SSSR count). The summed E-state index contributed by atoms with van der Waals surface area (Å²) in [5, 5.41) is 0. The largest absolute Gasteiger partial charge is 0.309 e. The van der Waals surface area contributed by atoms with Gasteiger partial charge in [0.25, 0.3) is 0 Å². The normalized spacial score (nSPS) is 11.1. The molecule has 2 aromatic rings. The van der Waals surface area contributed by atoms with Crippen LogP contribution < -0.4 is 0 Å². The lowest BCUT2D eigenvalue weighted by molar-refractivity contribution is -0.123. The first-order valence-electron chi connectivity index (χ1n) is 7.90. The molecule has 0 atom stereocenters. The number of nitrogens with zero attached hydrogens (tertiary/aromatic N) is 1. The fraction of sp³-hybridized carbons (Fsp3) is 0.350. The first kappa shape index (κ1) is 19.4. The summed E-state index contributed by atoms with van der Waals surface area (Å²) in [6, 6.07) is 20.4. The minimum Gasteiger partial charge on any atom is -0.309 e. The zero-order chi connectivity index (χ0) is 16.0. The van der Waals surface area contributed by atoms with Crippen molar-refractivity contribution in [2.75, 3.05) is 20.6 Å². The fourth-order valence-electron chi connectivity index (χ4n) is 3.06. The summed E-state index contributed by atoms with van der Waals surface area (Å²) < 4.78 is 0. The third kappa shape index (κ3) is 4.21. The van der Waals surface area contributed by atoms with Crippen LogP contribution >= 0.6 is 12.4 Å². The van der Waals surface area contributed by atoms with Gasteiger partial charge < -0.3 is 4.90 Å². The molecule has 0 radical (unpaired) electrons. The molecule has 0 aromatic heterocycles. The van der Waals surface area contributed by atoms with E-state index in [1.165, 1.54) is 0 Å². The second kappa shape index (κ2) is 8.85. The Hall–Kier alpha value is -1.64. The molecule has 2 aromatic carbocycles. The Kier molecular flexibility index (Phi) is 7.47. The molecule has 0 aliphatic rings. The summed E-state index contributed by atoms with van der Waals surface area (Å²) >= 11 is 0. The molecule has 0 spiro atoms. The number of carbonyl (C=O) groups excluding carboxylic acids is 1. The van der Waals surface area contributed by atoms with Gasteiger partial charge in [0, 0.05) is 6.42 Å². The van der Waals surface area contributed by atoms with Crippen molar-refractivity contribution in [1.29, 1.82) is 0 Å². The first-order chi connectivity index (χ1) is 10.6. The highest BCUT2D eigenvalue weighted by Gasteiger charge is 2.40. The highest BCUT2D eigenvalue weighted by atomic mass is 35.5. The second-order valence-corrected chi connectivity index (χ2v) is 5.97. The van der Waals surface area contributed by atoms with Gasteiger partial charge >= 0.3 is 0 Å². The summed E-state index contributed by atoms with van der Waals surface area (Å²) in [5.74, 6) is 0.284. The van der Waals surface area contributed by atoms with Crippen LogP contribution in [0.5, 0.6) is 0 Å². The van der Waals surface area contributed by atoms with Gasteiger partial charge in [-0.25, -0.2) is 0 Å². The van der Waals surface area contributed by atoms with Crippen LogP contribution in [0.3, 0.4) is 0 Å². The zero-order valence-electron chi connectivity index (χ0n) is 14.2. The molecule has 0 heterocycles. The van der Waals surface area contributed by atoms with Crippen molar-refractivity contribution >= 4 is 18.2 Å². The molecule has 0 N–H and O–H groups in total. The van der Waals surface area contributed by atoms with E-state index < -0.39 is 5.41 Å². The molecule has 0 bridgehead atoms. The van der Waals surface area contributed by atoms with E-state index >= 15 is 0 Å². The first-order valence-corrected chi connectivity index (χ1v) is 7.90. The number of hydrogen-bond acceptors (Lipinski definition) is 2. The number of halogens is 1. The summed E-state index contributed by atoms with van der Waals surface area (Å²) in [6.07, 6.45) is 1.33. The summed E-state index contributed by atoms with van der Waals surface area (Å²) in [4.78, 5) is 15.2. The van der Waals surface area contributed by atoms with Crippen LogP contribution in [0.15, 0.2) is 60.7 Å². The molecule has 2 nitrogen and oxygen atoms in total. The fourth-order valence-corrected chi connectivity index (χ4v) is 3.06. The van der Waals surface area contributed by atoms with Crippen molar-refractivity contribution in [3.63, 3.8) is 0 Å². The van der Waals surface area contributed by atoms with E-state index in [1.807, 2.05) is 43.3 Å². The Morgan fingerprint density at radius 1 is 0.913 bits per heavy atom. The maximum Gasteiger partial charge on any atom is 0.147 e. The molecule has 0 aliphatic heterocycles. The van der Waals surface area contributed by atoms with E-state index in [-0.39, 0.29) is 18.2 Å². The van der Waals surface area contributed by atoms with Gasteiger partial charge in [0.05, 0.1) is 5.41 Å². The second-order valence-electron chi connectivity index (χ2n) is 5.97. The number of carbonyl (C=O) groups is 1. The monoisotopic (exact) mass is 331 g/mol. The van der Waals surface area contributed by atoms with E-state index in [0.29, 0.717) is 6.42 Å². The van der Waals surface area contributed by atoms with Crippen molar-refractivity contribution in [2.45, 2.75) is 25.2 Å². The maximum absolute atomic E-state index is 13.0. The van der Waals surface area contributed by atoms with Gasteiger partial charge in [0.1, 0.15) is 5.78 Å². The molecular formula is C20H26ClNO. The van der Waals surface area contributed by atoms with Gasteiger partial charge in [0.15, 0.2) is 0 Å². The van der Waals surface area contributed by atoms with Gasteiger partial charge in [-0.1, -0.05) is 67.6 Å². The molecule has 23 heavy (non-hydrogen) atoms. The number of rotatable bonds is 7. The van der Waals surface area contributed by atoms with Crippen LogP contribution in [-0.2, 0) is 10.2 Å². The minimum absolute atomic E-state index is 0. The van der Waals surface area contributed by atoms with E-state index in [1.54, 1.807) is 0 Å². The Morgan fingerprint density at radius 2 is 1.35 bits per heavy atom. The predicted octanol–water partition coefficient (Wildman–Crippen LogP) is 4.33. The van der Waals surface area contributed by atoms with Crippen molar-refractivity contribution in [3.05, 3.63) is 71.8 Å². The number of benzene rings is 2. The molecule has 0 saturated carbocycles. The standard InChI is InChI=1S/C20H25NO.ClH/c1-4-19(22)20(15-16-21(2)3,17-11-7-5-8-12-17)18-13-9-6-10-14-18;/h5-14H,4,15-16H2,1-3H3;1H. The quantitative estimate of drug-likeness (QED) is 0.752. The molecule has 3 heteroatoms. The predicted molar refractivity (Wildman–Crippen MR) is 99.4 cm³/mol. The van der Waals surface area contributed by atoms with Crippen molar-refractivity contribution < 1.29 is 4.79 Å². The smallest absolute Gasteiger partial charge is 0.147 e. The highest BCUT2D eigenvalue weighted by Crippen LogP contribution is 2.37. The van der Waals surface area contributed by atoms with Crippen LogP contribution in [0.2, 0.25) is 0 Å². The van der Waals surface area contributed by atoms with E-state index in [4.69, 9.17) is 0 Å².